The summed E-state index contributed by atoms with van der Waals surface area (Å²) in [7, 11) is -3.84. The summed E-state index contributed by atoms with van der Waals surface area (Å²) in [6, 6.07) is 4.72. The number of ether oxygens (including phenoxy) is 1. The standard InChI is InChI=1S/C16H23BrN2O5S/c1-10(2)9-14(15(20)18-13-7-8-24-16(13)21)19-25(22,23)12-5-3-11(17)4-6-12/h3-6,10,13-14,16,19,21H,7-9H2,1-2H3,(H,18,20). The van der Waals surface area contributed by atoms with Crippen LogP contribution in [-0.4, -0.2) is 44.4 Å². The fourth-order valence-corrected chi connectivity index (χ4v) is 4.02. The number of carbonyl (C=O) groups excluding carboxylic acids is 1. The lowest BCUT2D eigenvalue weighted by atomic mass is 10.0. The van der Waals surface area contributed by atoms with Crippen LogP contribution >= 0.6 is 15.9 Å². The number of aliphatic hydroxyl groups excluding tert-OH is 1. The summed E-state index contributed by atoms with van der Waals surface area (Å²) in [5.41, 5.74) is 0. The van der Waals surface area contributed by atoms with Crippen LogP contribution in [0.3, 0.4) is 0 Å². The molecule has 3 N–H and O–H groups in total. The van der Waals surface area contributed by atoms with E-state index in [1.54, 1.807) is 12.1 Å². The quantitative estimate of drug-likeness (QED) is 0.600. The molecule has 0 aliphatic carbocycles. The van der Waals surface area contributed by atoms with Gasteiger partial charge in [0.1, 0.15) is 6.04 Å². The van der Waals surface area contributed by atoms with E-state index in [1.807, 2.05) is 13.8 Å². The zero-order valence-corrected chi connectivity index (χ0v) is 16.5. The van der Waals surface area contributed by atoms with Crippen LogP contribution in [-0.2, 0) is 19.6 Å². The average molecular weight is 435 g/mol. The van der Waals surface area contributed by atoms with Gasteiger partial charge in [-0.25, -0.2) is 8.42 Å². The second-order valence-corrected chi connectivity index (χ2v) is 9.05. The topological polar surface area (TPSA) is 105 Å². The van der Waals surface area contributed by atoms with Crippen LogP contribution in [0.15, 0.2) is 33.6 Å². The van der Waals surface area contributed by atoms with Crippen molar-refractivity contribution in [2.45, 2.75) is 50.0 Å². The minimum absolute atomic E-state index is 0.0847. The maximum atomic E-state index is 12.6. The van der Waals surface area contributed by atoms with Crippen molar-refractivity contribution < 1.29 is 23.1 Å². The second-order valence-electron chi connectivity index (χ2n) is 6.42. The van der Waals surface area contributed by atoms with Crippen LogP contribution in [0, 0.1) is 5.92 Å². The van der Waals surface area contributed by atoms with Gasteiger partial charge < -0.3 is 15.2 Å². The van der Waals surface area contributed by atoms with Crippen LogP contribution in [0.2, 0.25) is 0 Å². The molecule has 3 atom stereocenters. The molecule has 3 unspecified atom stereocenters. The fraction of sp³-hybridized carbons (Fsp3) is 0.562. The highest BCUT2D eigenvalue weighted by Gasteiger charge is 2.32. The summed E-state index contributed by atoms with van der Waals surface area (Å²) in [5, 5.41) is 12.3. The van der Waals surface area contributed by atoms with Gasteiger partial charge in [0.05, 0.1) is 17.5 Å². The number of rotatable bonds is 7. The lowest BCUT2D eigenvalue weighted by molar-refractivity contribution is -0.127. The maximum Gasteiger partial charge on any atom is 0.241 e. The Morgan fingerprint density at radius 1 is 1.36 bits per heavy atom. The molecule has 1 saturated heterocycles. The number of aliphatic hydroxyl groups is 1. The molecule has 0 radical (unpaired) electrons. The lowest BCUT2D eigenvalue weighted by Crippen LogP contribution is -2.51. The van der Waals surface area contributed by atoms with E-state index in [1.165, 1.54) is 12.1 Å². The number of amides is 1. The molecule has 0 saturated carbocycles. The molecule has 2 rings (SSSR count). The van der Waals surface area contributed by atoms with Crippen LogP contribution in [0.5, 0.6) is 0 Å². The fourth-order valence-electron chi connectivity index (χ4n) is 2.55. The Labute approximate surface area is 156 Å². The number of nitrogens with one attached hydrogen (secondary N) is 2. The third-order valence-electron chi connectivity index (χ3n) is 3.83. The average Bonchev–Trinajstić information content (AvgIpc) is 2.91. The van der Waals surface area contributed by atoms with Gasteiger partial charge in [-0.05, 0) is 43.0 Å². The summed E-state index contributed by atoms with van der Waals surface area (Å²) in [4.78, 5) is 12.6. The number of halogens is 1. The molecule has 0 aromatic heterocycles. The molecule has 25 heavy (non-hydrogen) atoms. The Morgan fingerprint density at radius 3 is 2.52 bits per heavy atom. The highest BCUT2D eigenvalue weighted by Crippen LogP contribution is 2.17. The Morgan fingerprint density at radius 2 is 2.00 bits per heavy atom. The first-order valence-corrected chi connectivity index (χ1v) is 10.3. The Balaban J connectivity index is 2.13. The van der Waals surface area contributed by atoms with Gasteiger partial charge >= 0.3 is 0 Å². The summed E-state index contributed by atoms with van der Waals surface area (Å²) < 4.78 is 33.4. The first-order valence-electron chi connectivity index (χ1n) is 8.07. The number of hydrogen-bond donors (Lipinski definition) is 3. The van der Waals surface area contributed by atoms with Gasteiger partial charge in [-0.2, -0.15) is 4.72 Å². The molecular formula is C16H23BrN2O5S. The predicted molar refractivity (Wildman–Crippen MR) is 96.2 cm³/mol. The number of sulfonamides is 1. The van der Waals surface area contributed by atoms with Crippen molar-refractivity contribution in [3.05, 3.63) is 28.7 Å². The predicted octanol–water partition coefficient (Wildman–Crippen LogP) is 1.37. The number of carbonyl (C=O) groups is 1. The molecule has 0 bridgehead atoms. The number of hydrogen-bond acceptors (Lipinski definition) is 5. The molecule has 1 heterocycles. The van der Waals surface area contributed by atoms with Crippen LogP contribution in [0.4, 0.5) is 0 Å². The van der Waals surface area contributed by atoms with E-state index in [0.717, 1.165) is 4.47 Å². The van der Waals surface area contributed by atoms with E-state index in [0.29, 0.717) is 19.4 Å². The Hall–Kier alpha value is -1.00. The van der Waals surface area contributed by atoms with E-state index in [-0.39, 0.29) is 10.8 Å². The largest absolute Gasteiger partial charge is 0.366 e. The molecule has 1 aliphatic heterocycles. The van der Waals surface area contributed by atoms with Gasteiger partial charge in [0.2, 0.25) is 15.9 Å². The normalized spacial score (nSPS) is 22.1. The van der Waals surface area contributed by atoms with Crippen molar-refractivity contribution in [2.75, 3.05) is 6.61 Å². The van der Waals surface area contributed by atoms with Crippen molar-refractivity contribution in [1.82, 2.24) is 10.0 Å². The summed E-state index contributed by atoms with van der Waals surface area (Å²) in [6.45, 7) is 4.16. The molecule has 7 nitrogen and oxygen atoms in total. The highest BCUT2D eigenvalue weighted by molar-refractivity contribution is 9.10. The molecule has 9 heteroatoms. The van der Waals surface area contributed by atoms with E-state index in [9.17, 15) is 18.3 Å². The van der Waals surface area contributed by atoms with Gasteiger partial charge in [-0.3, -0.25) is 4.79 Å². The molecule has 0 spiro atoms. The third kappa shape index (κ3) is 5.75. The smallest absolute Gasteiger partial charge is 0.241 e. The van der Waals surface area contributed by atoms with Crippen LogP contribution in [0.25, 0.3) is 0 Å². The maximum absolute atomic E-state index is 12.6. The van der Waals surface area contributed by atoms with Crippen molar-refractivity contribution in [3.8, 4) is 0 Å². The van der Waals surface area contributed by atoms with E-state index < -0.39 is 34.3 Å². The minimum atomic E-state index is -3.84. The van der Waals surface area contributed by atoms with Gasteiger partial charge in [-0.15, -0.1) is 0 Å². The molecular weight excluding hydrogens is 412 g/mol. The summed E-state index contributed by atoms with van der Waals surface area (Å²) >= 11 is 3.26. The molecule has 140 valence electrons. The zero-order valence-electron chi connectivity index (χ0n) is 14.1. The van der Waals surface area contributed by atoms with Gasteiger partial charge in [0.25, 0.3) is 0 Å². The Kier molecular flexibility index (Phi) is 6.98. The highest BCUT2D eigenvalue weighted by atomic mass is 79.9. The third-order valence-corrected chi connectivity index (χ3v) is 5.85. The van der Waals surface area contributed by atoms with Crippen molar-refractivity contribution in [2.24, 2.45) is 5.92 Å². The molecule has 1 aliphatic rings. The second kappa shape index (κ2) is 8.59. The Bertz CT molecular complexity index is 693. The van der Waals surface area contributed by atoms with Crippen molar-refractivity contribution in [3.63, 3.8) is 0 Å². The first-order chi connectivity index (χ1) is 11.7. The van der Waals surface area contributed by atoms with Crippen LogP contribution < -0.4 is 10.0 Å². The zero-order chi connectivity index (χ0) is 18.6. The van der Waals surface area contributed by atoms with E-state index in [2.05, 4.69) is 26.0 Å². The molecule has 1 amide bonds. The molecule has 1 aromatic carbocycles. The monoisotopic (exact) mass is 434 g/mol. The summed E-state index contributed by atoms with van der Waals surface area (Å²) in [6.07, 6.45) is -0.238. The summed E-state index contributed by atoms with van der Waals surface area (Å²) in [5.74, 6) is -0.364. The molecule has 1 aromatic rings. The van der Waals surface area contributed by atoms with Gasteiger partial charge in [0.15, 0.2) is 6.29 Å². The van der Waals surface area contributed by atoms with Gasteiger partial charge in [0, 0.05) is 4.47 Å². The molecule has 1 fully saturated rings. The van der Waals surface area contributed by atoms with Crippen molar-refractivity contribution in [1.29, 1.82) is 0 Å². The van der Waals surface area contributed by atoms with Crippen molar-refractivity contribution >= 4 is 31.9 Å². The van der Waals surface area contributed by atoms with E-state index >= 15 is 0 Å². The minimum Gasteiger partial charge on any atom is -0.366 e. The van der Waals surface area contributed by atoms with Gasteiger partial charge in [-0.1, -0.05) is 29.8 Å². The lowest BCUT2D eigenvalue weighted by Gasteiger charge is -2.23. The SMILES string of the molecule is CC(C)CC(NS(=O)(=O)c1ccc(Br)cc1)C(=O)NC1CCOC1O. The number of benzene rings is 1. The van der Waals surface area contributed by atoms with Crippen LogP contribution in [0.1, 0.15) is 26.7 Å². The first kappa shape index (κ1) is 20.3. The van der Waals surface area contributed by atoms with E-state index in [4.69, 9.17) is 4.74 Å².